The summed E-state index contributed by atoms with van der Waals surface area (Å²) in [5.41, 5.74) is 0.610. The van der Waals surface area contributed by atoms with E-state index in [1.807, 2.05) is 0 Å². The van der Waals surface area contributed by atoms with Crippen molar-refractivity contribution in [1.29, 1.82) is 0 Å². The third-order valence-electron chi connectivity index (χ3n) is 2.65. The lowest BCUT2D eigenvalue weighted by Gasteiger charge is -2.31. The van der Waals surface area contributed by atoms with E-state index in [4.69, 9.17) is 5.11 Å². The largest absolute Gasteiger partial charge is 0.393 e. The second-order valence-electron chi connectivity index (χ2n) is 3.60. The van der Waals surface area contributed by atoms with Gasteiger partial charge in [-0.1, -0.05) is 0 Å². The van der Waals surface area contributed by atoms with Crippen LogP contribution < -0.4 is 0 Å². The van der Waals surface area contributed by atoms with Crippen LogP contribution in [0.25, 0.3) is 0 Å². The van der Waals surface area contributed by atoms with Crippen LogP contribution in [0.5, 0.6) is 0 Å². The molecule has 1 N–H and O–H groups in total. The molecule has 1 heterocycles. The number of hydrogen-bond acceptors (Lipinski definition) is 4. The molecule has 0 radical (unpaired) electrons. The maximum absolute atomic E-state index is 10.5. The zero-order chi connectivity index (χ0) is 10.3. The van der Waals surface area contributed by atoms with E-state index in [2.05, 4.69) is 5.10 Å². The molecule has 2 rings (SSSR count). The Morgan fingerprint density at radius 3 is 2.79 bits per heavy atom. The molecule has 0 spiro atoms. The van der Waals surface area contributed by atoms with Crippen LogP contribution in [0.1, 0.15) is 24.6 Å². The molecule has 6 nitrogen and oxygen atoms in total. The van der Waals surface area contributed by atoms with Gasteiger partial charge in [-0.05, 0) is 19.8 Å². The maximum Gasteiger partial charge on any atom is 0.309 e. The van der Waals surface area contributed by atoms with E-state index in [9.17, 15) is 10.1 Å². The zero-order valence-electron chi connectivity index (χ0n) is 7.75. The summed E-state index contributed by atoms with van der Waals surface area (Å²) in [7, 11) is 0. The summed E-state index contributed by atoms with van der Waals surface area (Å²) in [4.78, 5) is 10.1. The summed E-state index contributed by atoms with van der Waals surface area (Å²) in [6, 6.07) is 0.124. The van der Waals surface area contributed by atoms with Crippen LogP contribution in [0.2, 0.25) is 0 Å². The van der Waals surface area contributed by atoms with Crippen molar-refractivity contribution in [3.8, 4) is 0 Å². The predicted octanol–water partition coefficient (Wildman–Crippen LogP) is 0.796. The lowest BCUT2D eigenvalue weighted by molar-refractivity contribution is -0.385. The summed E-state index contributed by atoms with van der Waals surface area (Å²) >= 11 is 0. The molecule has 1 saturated carbocycles. The standard InChI is InChI=1S/C8H11N3O3/c1-5-8(11(13)14)4-9-10(5)6-2-7(12)3-6/h4,6-7,12H,2-3H2,1H3/t6-,7-. The molecule has 1 aliphatic carbocycles. The molecule has 1 aromatic heterocycles. The number of nitro groups is 1. The lowest BCUT2D eigenvalue weighted by atomic mass is 9.89. The first-order valence-corrected chi connectivity index (χ1v) is 4.46. The Bertz CT molecular complexity index is 368. The van der Waals surface area contributed by atoms with Crippen molar-refractivity contribution in [3.63, 3.8) is 0 Å². The van der Waals surface area contributed by atoms with Crippen molar-refractivity contribution >= 4 is 5.69 Å². The molecule has 14 heavy (non-hydrogen) atoms. The van der Waals surface area contributed by atoms with Crippen LogP contribution in [-0.4, -0.2) is 25.9 Å². The van der Waals surface area contributed by atoms with Gasteiger partial charge in [-0.3, -0.25) is 14.8 Å². The van der Waals surface area contributed by atoms with Crippen LogP contribution in [0.15, 0.2) is 6.20 Å². The fourth-order valence-corrected chi connectivity index (χ4v) is 1.72. The van der Waals surface area contributed by atoms with Gasteiger partial charge in [-0.15, -0.1) is 0 Å². The SMILES string of the molecule is Cc1c([N+](=O)[O-])cnn1[C@H]1C[C@H](O)C1. The van der Waals surface area contributed by atoms with E-state index in [0.29, 0.717) is 18.5 Å². The highest BCUT2D eigenvalue weighted by atomic mass is 16.6. The highest BCUT2D eigenvalue weighted by Gasteiger charge is 2.32. The van der Waals surface area contributed by atoms with Crippen LogP contribution in [0, 0.1) is 17.0 Å². The second-order valence-corrected chi connectivity index (χ2v) is 3.60. The summed E-state index contributed by atoms with van der Waals surface area (Å²) in [6.45, 7) is 1.68. The van der Waals surface area contributed by atoms with Gasteiger partial charge in [0.05, 0.1) is 17.1 Å². The highest BCUT2D eigenvalue weighted by molar-refractivity contribution is 5.32. The Kier molecular flexibility index (Phi) is 1.99. The fourth-order valence-electron chi connectivity index (χ4n) is 1.72. The molecule has 76 valence electrons. The van der Waals surface area contributed by atoms with Gasteiger partial charge in [0.1, 0.15) is 11.9 Å². The molecular formula is C8H11N3O3. The number of nitrogens with zero attached hydrogens (tertiary/aromatic N) is 3. The molecule has 0 amide bonds. The van der Waals surface area contributed by atoms with Gasteiger partial charge in [-0.25, -0.2) is 0 Å². The molecule has 0 aliphatic heterocycles. The van der Waals surface area contributed by atoms with Gasteiger partial charge in [0.25, 0.3) is 0 Å². The predicted molar refractivity (Wildman–Crippen MR) is 47.9 cm³/mol. The molecule has 0 unspecified atom stereocenters. The Hall–Kier alpha value is -1.43. The zero-order valence-corrected chi connectivity index (χ0v) is 7.75. The first-order valence-electron chi connectivity index (χ1n) is 4.46. The molecule has 0 atom stereocenters. The number of aliphatic hydroxyl groups is 1. The van der Waals surface area contributed by atoms with Gasteiger partial charge >= 0.3 is 5.69 Å². The summed E-state index contributed by atoms with van der Waals surface area (Å²) < 4.78 is 1.63. The first kappa shape index (κ1) is 9.14. The first-order chi connectivity index (χ1) is 6.59. The number of aliphatic hydroxyl groups excluding tert-OH is 1. The number of hydrogen-bond donors (Lipinski definition) is 1. The average molecular weight is 197 g/mol. The quantitative estimate of drug-likeness (QED) is 0.561. The molecular weight excluding hydrogens is 186 g/mol. The van der Waals surface area contributed by atoms with Crippen molar-refractivity contribution in [3.05, 3.63) is 22.0 Å². The fraction of sp³-hybridized carbons (Fsp3) is 0.625. The summed E-state index contributed by atoms with van der Waals surface area (Å²) in [5, 5.41) is 23.6. The second kappa shape index (κ2) is 3.06. The minimum absolute atomic E-state index is 0.0476. The van der Waals surface area contributed by atoms with Crippen LogP contribution in [0.4, 0.5) is 5.69 Å². The minimum Gasteiger partial charge on any atom is -0.393 e. The van der Waals surface area contributed by atoms with Crippen molar-refractivity contribution < 1.29 is 10.0 Å². The Balaban J connectivity index is 2.23. The van der Waals surface area contributed by atoms with Crippen LogP contribution >= 0.6 is 0 Å². The third kappa shape index (κ3) is 1.27. The number of rotatable bonds is 2. The molecule has 0 aromatic carbocycles. The molecule has 0 bridgehead atoms. The van der Waals surface area contributed by atoms with Crippen molar-refractivity contribution in [2.75, 3.05) is 0 Å². The van der Waals surface area contributed by atoms with E-state index >= 15 is 0 Å². The van der Waals surface area contributed by atoms with E-state index in [1.165, 1.54) is 6.20 Å². The Morgan fingerprint density at radius 1 is 1.71 bits per heavy atom. The molecule has 1 aliphatic rings. The van der Waals surface area contributed by atoms with E-state index in [1.54, 1.807) is 11.6 Å². The van der Waals surface area contributed by atoms with Crippen molar-refractivity contribution in [2.24, 2.45) is 0 Å². The molecule has 1 fully saturated rings. The summed E-state index contributed by atoms with van der Waals surface area (Å²) in [6.07, 6.45) is 2.27. The van der Waals surface area contributed by atoms with Crippen molar-refractivity contribution in [2.45, 2.75) is 31.9 Å². The minimum atomic E-state index is -0.437. The summed E-state index contributed by atoms with van der Waals surface area (Å²) in [5.74, 6) is 0. The van der Waals surface area contributed by atoms with Gasteiger partial charge in [0.15, 0.2) is 0 Å². The van der Waals surface area contributed by atoms with E-state index in [-0.39, 0.29) is 17.8 Å². The monoisotopic (exact) mass is 197 g/mol. The molecule has 6 heteroatoms. The highest BCUT2D eigenvalue weighted by Crippen LogP contribution is 2.34. The van der Waals surface area contributed by atoms with Gasteiger partial charge in [0.2, 0.25) is 0 Å². The van der Waals surface area contributed by atoms with Gasteiger partial charge in [-0.2, -0.15) is 5.10 Å². The third-order valence-corrected chi connectivity index (χ3v) is 2.65. The van der Waals surface area contributed by atoms with Crippen LogP contribution in [-0.2, 0) is 0 Å². The molecule has 0 saturated heterocycles. The smallest absolute Gasteiger partial charge is 0.309 e. The van der Waals surface area contributed by atoms with Crippen molar-refractivity contribution in [1.82, 2.24) is 9.78 Å². The number of aromatic nitrogens is 2. The average Bonchev–Trinajstić information content (AvgIpc) is 2.41. The van der Waals surface area contributed by atoms with E-state index < -0.39 is 4.92 Å². The topological polar surface area (TPSA) is 81.2 Å². The Labute approximate surface area is 80.3 Å². The van der Waals surface area contributed by atoms with Gasteiger partial charge in [0, 0.05) is 0 Å². The molecule has 1 aromatic rings. The van der Waals surface area contributed by atoms with Gasteiger partial charge < -0.3 is 5.11 Å². The van der Waals surface area contributed by atoms with E-state index in [0.717, 1.165) is 0 Å². The lowest BCUT2D eigenvalue weighted by Crippen LogP contribution is -2.31. The Morgan fingerprint density at radius 2 is 2.36 bits per heavy atom. The maximum atomic E-state index is 10.5. The normalized spacial score (nSPS) is 25.9. The van der Waals surface area contributed by atoms with Crippen LogP contribution in [0.3, 0.4) is 0 Å².